The van der Waals surface area contributed by atoms with Crippen LogP contribution in [0, 0.1) is 12.7 Å². The summed E-state index contributed by atoms with van der Waals surface area (Å²) in [5.41, 5.74) is 7.46. The number of hydrogen-bond acceptors (Lipinski definition) is 6. The van der Waals surface area contributed by atoms with E-state index in [0.29, 0.717) is 42.5 Å². The second-order valence-electron chi connectivity index (χ2n) is 7.31. The molecule has 0 bridgehead atoms. The third-order valence-corrected chi connectivity index (χ3v) is 4.99. The number of amides is 1. The van der Waals surface area contributed by atoms with Crippen LogP contribution in [0.15, 0.2) is 40.9 Å². The standard InChI is InChI=1S/C21H22FN5O2/c1-13-8-18(26-21(23)25-13)20(28)27-7-3-5-15(12-27)19-24-11-17(29-19)10-14-4-2-6-16(22)9-14/h2,4,6,8-9,11,15H,3,5,7,10,12H2,1H3,(H2,23,25,26)/t15-/m1/s1. The van der Waals surface area contributed by atoms with Gasteiger partial charge in [-0.15, -0.1) is 0 Å². The van der Waals surface area contributed by atoms with E-state index in [1.165, 1.54) is 12.1 Å². The third kappa shape index (κ3) is 4.42. The van der Waals surface area contributed by atoms with E-state index in [2.05, 4.69) is 15.0 Å². The molecule has 150 valence electrons. The third-order valence-electron chi connectivity index (χ3n) is 4.99. The number of rotatable bonds is 4. The molecular formula is C21H22FN5O2. The fourth-order valence-corrected chi connectivity index (χ4v) is 3.67. The van der Waals surface area contributed by atoms with Crippen LogP contribution >= 0.6 is 0 Å². The predicted molar refractivity (Wildman–Crippen MR) is 105 cm³/mol. The average molecular weight is 395 g/mol. The van der Waals surface area contributed by atoms with Crippen molar-refractivity contribution >= 4 is 11.9 Å². The van der Waals surface area contributed by atoms with Crippen molar-refractivity contribution in [2.75, 3.05) is 18.8 Å². The number of oxazole rings is 1. The van der Waals surface area contributed by atoms with Crippen LogP contribution < -0.4 is 5.73 Å². The molecule has 0 spiro atoms. The average Bonchev–Trinajstić information content (AvgIpc) is 3.15. The number of piperidine rings is 1. The summed E-state index contributed by atoms with van der Waals surface area (Å²) >= 11 is 0. The minimum atomic E-state index is -0.274. The first-order valence-electron chi connectivity index (χ1n) is 9.57. The van der Waals surface area contributed by atoms with Crippen molar-refractivity contribution < 1.29 is 13.6 Å². The minimum absolute atomic E-state index is 0.00856. The summed E-state index contributed by atoms with van der Waals surface area (Å²) < 4.78 is 19.3. The van der Waals surface area contributed by atoms with Gasteiger partial charge in [-0.2, -0.15) is 0 Å². The Balaban J connectivity index is 1.46. The SMILES string of the molecule is Cc1cc(C(=O)N2CCC[C@@H](c3ncc(Cc4cccc(F)c4)o3)C2)nc(N)n1. The van der Waals surface area contributed by atoms with Crippen molar-refractivity contribution in [3.05, 3.63) is 70.9 Å². The van der Waals surface area contributed by atoms with Crippen LogP contribution in [-0.4, -0.2) is 38.8 Å². The topological polar surface area (TPSA) is 98.1 Å². The number of carbonyl (C=O) groups excluding carboxylic acids is 1. The van der Waals surface area contributed by atoms with Gasteiger partial charge in [0.05, 0.1) is 12.1 Å². The molecule has 0 unspecified atom stereocenters. The van der Waals surface area contributed by atoms with E-state index in [-0.39, 0.29) is 23.6 Å². The molecule has 2 aromatic heterocycles. The Morgan fingerprint density at radius 3 is 3.00 bits per heavy atom. The lowest BCUT2D eigenvalue weighted by Gasteiger charge is -2.31. The highest BCUT2D eigenvalue weighted by molar-refractivity contribution is 5.92. The van der Waals surface area contributed by atoms with Crippen molar-refractivity contribution in [2.45, 2.75) is 32.1 Å². The van der Waals surface area contributed by atoms with Crippen molar-refractivity contribution in [1.82, 2.24) is 19.9 Å². The molecule has 0 radical (unpaired) electrons. The molecule has 1 atom stereocenters. The summed E-state index contributed by atoms with van der Waals surface area (Å²) in [5.74, 6) is 0.939. The van der Waals surface area contributed by atoms with E-state index in [1.54, 1.807) is 30.2 Å². The Labute approximate surface area is 167 Å². The van der Waals surface area contributed by atoms with E-state index < -0.39 is 0 Å². The highest BCUT2D eigenvalue weighted by atomic mass is 19.1. The molecule has 2 N–H and O–H groups in total. The number of nitrogens with two attached hydrogens (primary N) is 1. The van der Waals surface area contributed by atoms with Crippen molar-refractivity contribution in [3.8, 4) is 0 Å². The van der Waals surface area contributed by atoms with Gasteiger partial charge in [-0.3, -0.25) is 4.79 Å². The minimum Gasteiger partial charge on any atom is -0.445 e. The number of carbonyl (C=O) groups is 1. The van der Waals surface area contributed by atoms with Crippen LogP contribution in [0.5, 0.6) is 0 Å². The molecule has 1 amide bonds. The lowest BCUT2D eigenvalue weighted by molar-refractivity contribution is 0.0691. The zero-order chi connectivity index (χ0) is 20.4. The predicted octanol–water partition coefficient (Wildman–Crippen LogP) is 3.10. The fourth-order valence-electron chi connectivity index (χ4n) is 3.67. The fraction of sp³-hybridized carbons (Fsp3) is 0.333. The summed E-state index contributed by atoms with van der Waals surface area (Å²) in [6, 6.07) is 8.06. The highest BCUT2D eigenvalue weighted by Crippen LogP contribution is 2.28. The summed E-state index contributed by atoms with van der Waals surface area (Å²) in [6.07, 6.45) is 3.88. The number of likely N-dealkylation sites (tertiary alicyclic amines) is 1. The van der Waals surface area contributed by atoms with Crippen LogP contribution in [0.2, 0.25) is 0 Å². The first-order valence-corrected chi connectivity index (χ1v) is 9.57. The Morgan fingerprint density at radius 2 is 2.21 bits per heavy atom. The number of aryl methyl sites for hydroxylation is 1. The van der Waals surface area contributed by atoms with Gasteiger partial charge >= 0.3 is 0 Å². The Kier molecular flexibility index (Phi) is 5.24. The number of aromatic nitrogens is 3. The summed E-state index contributed by atoms with van der Waals surface area (Å²) in [4.78, 5) is 27.1. The monoisotopic (exact) mass is 395 g/mol. The molecular weight excluding hydrogens is 373 g/mol. The van der Waals surface area contributed by atoms with Crippen molar-refractivity contribution in [3.63, 3.8) is 0 Å². The largest absolute Gasteiger partial charge is 0.445 e. The maximum atomic E-state index is 13.4. The van der Waals surface area contributed by atoms with Crippen LogP contribution in [0.4, 0.5) is 10.3 Å². The maximum absolute atomic E-state index is 13.4. The molecule has 1 aliphatic heterocycles. The quantitative estimate of drug-likeness (QED) is 0.729. The van der Waals surface area contributed by atoms with Gasteiger partial charge in [0, 0.05) is 25.2 Å². The van der Waals surface area contributed by atoms with Crippen LogP contribution in [0.25, 0.3) is 0 Å². The van der Waals surface area contributed by atoms with Gasteiger partial charge in [0.25, 0.3) is 5.91 Å². The first-order chi connectivity index (χ1) is 14.0. The van der Waals surface area contributed by atoms with Gasteiger partial charge in [-0.25, -0.2) is 19.3 Å². The van der Waals surface area contributed by atoms with Crippen LogP contribution in [0.3, 0.4) is 0 Å². The van der Waals surface area contributed by atoms with Gasteiger partial charge < -0.3 is 15.1 Å². The van der Waals surface area contributed by atoms with E-state index >= 15 is 0 Å². The molecule has 3 aromatic rings. The van der Waals surface area contributed by atoms with Gasteiger partial charge in [0.2, 0.25) is 5.95 Å². The molecule has 1 aromatic carbocycles. The van der Waals surface area contributed by atoms with E-state index in [4.69, 9.17) is 10.2 Å². The van der Waals surface area contributed by atoms with Gasteiger partial charge in [0.15, 0.2) is 5.89 Å². The van der Waals surface area contributed by atoms with Gasteiger partial charge in [-0.1, -0.05) is 12.1 Å². The molecule has 1 saturated heterocycles. The van der Waals surface area contributed by atoms with Crippen LogP contribution in [-0.2, 0) is 6.42 Å². The molecule has 7 nitrogen and oxygen atoms in total. The number of halogens is 1. The summed E-state index contributed by atoms with van der Waals surface area (Å²) in [5, 5.41) is 0. The van der Waals surface area contributed by atoms with E-state index in [0.717, 1.165) is 18.4 Å². The second-order valence-corrected chi connectivity index (χ2v) is 7.31. The molecule has 0 saturated carbocycles. The molecule has 1 fully saturated rings. The van der Waals surface area contributed by atoms with Crippen molar-refractivity contribution in [1.29, 1.82) is 0 Å². The summed E-state index contributed by atoms with van der Waals surface area (Å²) in [6.45, 7) is 2.93. The molecule has 0 aliphatic carbocycles. The molecule has 4 rings (SSSR count). The van der Waals surface area contributed by atoms with Gasteiger partial charge in [0.1, 0.15) is 17.3 Å². The smallest absolute Gasteiger partial charge is 0.272 e. The number of nitrogens with zero attached hydrogens (tertiary/aromatic N) is 4. The lowest BCUT2D eigenvalue weighted by atomic mass is 9.97. The van der Waals surface area contributed by atoms with Crippen molar-refractivity contribution in [2.24, 2.45) is 0 Å². The Hall–Kier alpha value is -3.29. The van der Waals surface area contributed by atoms with E-state index in [9.17, 15) is 9.18 Å². The van der Waals surface area contributed by atoms with E-state index in [1.807, 2.05) is 6.07 Å². The zero-order valence-electron chi connectivity index (χ0n) is 16.1. The zero-order valence-corrected chi connectivity index (χ0v) is 16.1. The summed E-state index contributed by atoms with van der Waals surface area (Å²) in [7, 11) is 0. The molecule has 1 aliphatic rings. The number of nitrogen functional groups attached to an aromatic ring is 1. The molecule has 29 heavy (non-hydrogen) atoms. The number of anilines is 1. The first kappa shape index (κ1) is 19.0. The van der Waals surface area contributed by atoms with Crippen LogP contribution in [0.1, 0.15) is 52.2 Å². The number of hydrogen-bond donors (Lipinski definition) is 1. The molecule has 3 heterocycles. The second kappa shape index (κ2) is 7.98. The Bertz CT molecular complexity index is 1020. The molecule has 8 heteroatoms. The maximum Gasteiger partial charge on any atom is 0.272 e. The highest BCUT2D eigenvalue weighted by Gasteiger charge is 2.29. The lowest BCUT2D eigenvalue weighted by Crippen LogP contribution is -2.39. The Morgan fingerprint density at radius 1 is 1.34 bits per heavy atom. The van der Waals surface area contributed by atoms with Gasteiger partial charge in [-0.05, 0) is 43.5 Å². The normalized spacial score (nSPS) is 16.8. The number of benzene rings is 1.